The maximum Gasteiger partial charge on any atom is 0.243 e. The fourth-order valence-electron chi connectivity index (χ4n) is 3.53. The molecular formula is C22H33N3O3. The van der Waals surface area contributed by atoms with Crippen LogP contribution in [-0.4, -0.2) is 30.3 Å². The number of carbonyl (C=O) groups excluding carboxylic acids is 3. The van der Waals surface area contributed by atoms with E-state index in [0.29, 0.717) is 0 Å². The van der Waals surface area contributed by atoms with Gasteiger partial charge < -0.3 is 16.0 Å². The zero-order valence-corrected chi connectivity index (χ0v) is 17.4. The predicted molar refractivity (Wildman–Crippen MR) is 111 cm³/mol. The van der Waals surface area contributed by atoms with Crippen LogP contribution in [0.3, 0.4) is 0 Å². The van der Waals surface area contributed by atoms with Crippen molar-refractivity contribution in [2.24, 2.45) is 11.8 Å². The largest absolute Gasteiger partial charge is 0.345 e. The van der Waals surface area contributed by atoms with Crippen molar-refractivity contribution >= 4 is 23.4 Å². The molecule has 1 aromatic carbocycles. The first-order valence-electron chi connectivity index (χ1n) is 10.2. The molecule has 0 unspecified atom stereocenters. The van der Waals surface area contributed by atoms with E-state index in [-0.39, 0.29) is 36.1 Å². The van der Waals surface area contributed by atoms with Crippen LogP contribution >= 0.6 is 0 Å². The highest BCUT2D eigenvalue weighted by atomic mass is 16.2. The zero-order chi connectivity index (χ0) is 20.7. The summed E-state index contributed by atoms with van der Waals surface area (Å²) in [7, 11) is 0. The molecule has 154 valence electrons. The van der Waals surface area contributed by atoms with Gasteiger partial charge in [-0.2, -0.15) is 0 Å². The van der Waals surface area contributed by atoms with Crippen molar-refractivity contribution in [1.82, 2.24) is 10.6 Å². The van der Waals surface area contributed by atoms with E-state index in [1.165, 1.54) is 6.42 Å². The molecule has 1 atom stereocenters. The Kier molecular flexibility index (Phi) is 8.03. The molecule has 6 heteroatoms. The first kappa shape index (κ1) is 21.9. The fraction of sp³-hybridized carbons (Fsp3) is 0.591. The number of amides is 3. The molecule has 1 aromatic rings. The normalized spacial score (nSPS) is 15.8. The first-order valence-corrected chi connectivity index (χ1v) is 10.2. The number of anilines is 1. The minimum absolute atomic E-state index is 0.00426. The average Bonchev–Trinajstić information content (AvgIpc) is 2.68. The van der Waals surface area contributed by atoms with Gasteiger partial charge >= 0.3 is 0 Å². The molecule has 0 aliphatic heterocycles. The van der Waals surface area contributed by atoms with Gasteiger partial charge in [-0.1, -0.05) is 45.2 Å². The molecule has 0 bridgehead atoms. The van der Waals surface area contributed by atoms with Gasteiger partial charge in [-0.05, 0) is 49.8 Å². The number of aryl methyl sites for hydroxylation is 1. The second-order valence-electron chi connectivity index (χ2n) is 8.08. The van der Waals surface area contributed by atoms with Gasteiger partial charge in [0.05, 0.1) is 6.54 Å². The molecule has 0 saturated heterocycles. The number of rotatable bonds is 7. The van der Waals surface area contributed by atoms with Crippen LogP contribution < -0.4 is 16.0 Å². The van der Waals surface area contributed by atoms with E-state index < -0.39 is 6.04 Å². The van der Waals surface area contributed by atoms with Crippen LogP contribution in [0.2, 0.25) is 0 Å². The highest BCUT2D eigenvalue weighted by Crippen LogP contribution is 2.24. The molecule has 1 aliphatic carbocycles. The van der Waals surface area contributed by atoms with Gasteiger partial charge in [0.2, 0.25) is 17.7 Å². The van der Waals surface area contributed by atoms with E-state index in [9.17, 15) is 14.4 Å². The topological polar surface area (TPSA) is 87.3 Å². The SMILES string of the molecule is Cc1cccc(NC(=O)CNC(=O)[C@H](NC(=O)C2CCCCC2)C(C)C)c1C. The van der Waals surface area contributed by atoms with Gasteiger partial charge in [-0.25, -0.2) is 0 Å². The molecule has 0 spiro atoms. The Morgan fingerprint density at radius 1 is 1.07 bits per heavy atom. The molecule has 3 N–H and O–H groups in total. The van der Waals surface area contributed by atoms with E-state index in [1.807, 2.05) is 45.9 Å². The van der Waals surface area contributed by atoms with Gasteiger partial charge in [-0.3, -0.25) is 14.4 Å². The molecule has 0 aromatic heterocycles. The monoisotopic (exact) mass is 387 g/mol. The molecule has 1 saturated carbocycles. The average molecular weight is 388 g/mol. The summed E-state index contributed by atoms with van der Waals surface area (Å²) in [5.41, 5.74) is 2.83. The van der Waals surface area contributed by atoms with Gasteiger partial charge in [0.25, 0.3) is 0 Å². The van der Waals surface area contributed by atoms with Gasteiger partial charge in [-0.15, -0.1) is 0 Å². The quantitative estimate of drug-likeness (QED) is 0.672. The second kappa shape index (κ2) is 10.2. The number of carbonyl (C=O) groups is 3. The third-order valence-electron chi connectivity index (χ3n) is 5.52. The molecule has 3 amide bonds. The summed E-state index contributed by atoms with van der Waals surface area (Å²) in [6, 6.07) is 5.06. The Bertz CT molecular complexity index is 709. The molecule has 2 rings (SSSR count). The van der Waals surface area contributed by atoms with Crippen molar-refractivity contribution in [2.75, 3.05) is 11.9 Å². The summed E-state index contributed by atoms with van der Waals surface area (Å²) in [5.74, 6) is -0.725. The smallest absolute Gasteiger partial charge is 0.243 e. The van der Waals surface area contributed by atoms with Crippen molar-refractivity contribution in [3.05, 3.63) is 29.3 Å². The van der Waals surface area contributed by atoms with Crippen molar-refractivity contribution in [1.29, 1.82) is 0 Å². The van der Waals surface area contributed by atoms with Crippen LogP contribution in [0.1, 0.15) is 57.1 Å². The lowest BCUT2D eigenvalue weighted by molar-refractivity contribution is -0.133. The number of hydrogen-bond acceptors (Lipinski definition) is 3. The lowest BCUT2D eigenvalue weighted by Crippen LogP contribution is -2.52. The van der Waals surface area contributed by atoms with E-state index in [4.69, 9.17) is 0 Å². The van der Waals surface area contributed by atoms with Crippen molar-refractivity contribution < 1.29 is 14.4 Å². The van der Waals surface area contributed by atoms with Crippen molar-refractivity contribution in [3.63, 3.8) is 0 Å². The van der Waals surface area contributed by atoms with Gasteiger partial charge in [0.1, 0.15) is 6.04 Å². The van der Waals surface area contributed by atoms with Gasteiger partial charge in [0.15, 0.2) is 0 Å². The fourth-order valence-corrected chi connectivity index (χ4v) is 3.53. The Balaban J connectivity index is 1.88. The zero-order valence-electron chi connectivity index (χ0n) is 17.4. The molecular weight excluding hydrogens is 354 g/mol. The van der Waals surface area contributed by atoms with E-state index in [1.54, 1.807) is 0 Å². The highest BCUT2D eigenvalue weighted by Gasteiger charge is 2.28. The van der Waals surface area contributed by atoms with E-state index in [0.717, 1.165) is 42.5 Å². The molecule has 0 radical (unpaired) electrons. The highest BCUT2D eigenvalue weighted by molar-refractivity contribution is 5.96. The number of hydrogen-bond donors (Lipinski definition) is 3. The van der Waals surface area contributed by atoms with Crippen LogP contribution in [0.4, 0.5) is 5.69 Å². The Hall–Kier alpha value is -2.37. The Morgan fingerprint density at radius 2 is 1.75 bits per heavy atom. The van der Waals surface area contributed by atoms with Crippen LogP contribution in [-0.2, 0) is 14.4 Å². The van der Waals surface area contributed by atoms with Crippen molar-refractivity contribution in [3.8, 4) is 0 Å². The van der Waals surface area contributed by atoms with E-state index in [2.05, 4.69) is 16.0 Å². The summed E-state index contributed by atoms with van der Waals surface area (Å²) in [5, 5.41) is 8.38. The minimum atomic E-state index is -0.636. The summed E-state index contributed by atoms with van der Waals surface area (Å²) < 4.78 is 0. The summed E-state index contributed by atoms with van der Waals surface area (Å²) in [6.07, 6.45) is 5.07. The number of nitrogens with one attached hydrogen (secondary N) is 3. The lowest BCUT2D eigenvalue weighted by Gasteiger charge is -2.26. The minimum Gasteiger partial charge on any atom is -0.345 e. The molecule has 1 aliphatic rings. The third-order valence-corrected chi connectivity index (χ3v) is 5.52. The molecule has 1 fully saturated rings. The summed E-state index contributed by atoms with van der Waals surface area (Å²) >= 11 is 0. The van der Waals surface area contributed by atoms with Crippen LogP contribution in [0.25, 0.3) is 0 Å². The van der Waals surface area contributed by atoms with Crippen molar-refractivity contribution in [2.45, 2.75) is 65.8 Å². The summed E-state index contributed by atoms with van der Waals surface area (Å²) in [6.45, 7) is 7.58. The van der Waals surface area contributed by atoms with Crippen LogP contribution in [0, 0.1) is 25.7 Å². The van der Waals surface area contributed by atoms with E-state index >= 15 is 0 Å². The first-order chi connectivity index (χ1) is 13.3. The maximum absolute atomic E-state index is 12.6. The van der Waals surface area contributed by atoms with Crippen LogP contribution in [0.15, 0.2) is 18.2 Å². The maximum atomic E-state index is 12.6. The standard InChI is InChI=1S/C22H33N3O3/c1-14(2)20(25-21(27)17-10-6-5-7-11-17)22(28)23-13-19(26)24-18-12-8-9-15(3)16(18)4/h8-9,12,14,17,20H,5-7,10-11,13H2,1-4H3,(H,23,28)(H,24,26)(H,25,27)/t20-/m1/s1. The van der Waals surface area contributed by atoms with Crippen LogP contribution in [0.5, 0.6) is 0 Å². The molecule has 6 nitrogen and oxygen atoms in total. The Labute approximate surface area is 167 Å². The lowest BCUT2D eigenvalue weighted by atomic mass is 9.88. The van der Waals surface area contributed by atoms with Gasteiger partial charge in [0, 0.05) is 11.6 Å². The number of benzene rings is 1. The third kappa shape index (κ3) is 6.08. The Morgan fingerprint density at radius 3 is 2.39 bits per heavy atom. The second-order valence-corrected chi connectivity index (χ2v) is 8.08. The molecule has 0 heterocycles. The predicted octanol–water partition coefficient (Wildman–Crippen LogP) is 3.08. The summed E-state index contributed by atoms with van der Waals surface area (Å²) in [4.78, 5) is 37.3. The molecule has 28 heavy (non-hydrogen) atoms.